The van der Waals surface area contributed by atoms with Gasteiger partial charge in [-0.1, -0.05) is 160 Å². The average Bonchev–Trinajstić information content (AvgIpc) is 3.17. The van der Waals surface area contributed by atoms with E-state index in [1.807, 2.05) is 0 Å². The topological polar surface area (TPSA) is 72.8 Å². The maximum atomic E-state index is 12.2. The molecule has 0 saturated carbocycles. The number of allylic oxidation sites excluding steroid dienone is 22. The Morgan fingerprint density at radius 3 is 1.15 bits per heavy atom. The lowest BCUT2D eigenvalue weighted by Crippen LogP contribution is -2.28. The summed E-state index contributed by atoms with van der Waals surface area (Å²) in [5, 5.41) is 9.57. The Balaban J connectivity index is 3.76. The van der Waals surface area contributed by atoms with Gasteiger partial charge in [-0.15, -0.1) is 0 Å². The Labute approximate surface area is 330 Å². The molecular weight excluding hydrogens is 669 g/mol. The lowest BCUT2D eigenvalue weighted by molar-refractivity contribution is -0.161. The minimum atomic E-state index is -0.819. The number of carbonyl (C=O) groups excluding carboxylic acids is 2. The zero-order valence-electron chi connectivity index (χ0n) is 33.9. The highest BCUT2D eigenvalue weighted by molar-refractivity contribution is 5.70. The van der Waals surface area contributed by atoms with Gasteiger partial charge in [-0.25, -0.2) is 0 Å². The molecule has 300 valence electrons. The van der Waals surface area contributed by atoms with Crippen molar-refractivity contribution in [3.8, 4) is 0 Å². The second kappa shape index (κ2) is 43.4. The number of carbonyl (C=O) groups is 2. The van der Waals surface area contributed by atoms with Gasteiger partial charge in [0.15, 0.2) is 6.10 Å². The number of hydrogen-bond donors (Lipinski definition) is 1. The molecule has 0 aliphatic rings. The van der Waals surface area contributed by atoms with Gasteiger partial charge in [0.2, 0.25) is 0 Å². The molecule has 0 amide bonds. The van der Waals surface area contributed by atoms with Crippen molar-refractivity contribution in [2.75, 3.05) is 13.2 Å². The van der Waals surface area contributed by atoms with Crippen LogP contribution >= 0.6 is 0 Å². The molecule has 0 radical (unpaired) electrons. The first-order chi connectivity index (χ1) is 26.6. The third-order valence-corrected chi connectivity index (χ3v) is 7.94. The van der Waals surface area contributed by atoms with E-state index in [1.54, 1.807) is 0 Å². The van der Waals surface area contributed by atoms with Crippen LogP contribution in [0.5, 0.6) is 0 Å². The van der Waals surface area contributed by atoms with Crippen LogP contribution in [0, 0.1) is 0 Å². The number of aliphatic hydroxyl groups excluding tert-OH is 1. The molecule has 0 aromatic heterocycles. The van der Waals surface area contributed by atoms with Crippen molar-refractivity contribution in [2.45, 2.75) is 148 Å². The van der Waals surface area contributed by atoms with E-state index in [2.05, 4.69) is 148 Å². The Kier molecular flexibility index (Phi) is 40.3. The summed E-state index contributed by atoms with van der Waals surface area (Å²) >= 11 is 0. The summed E-state index contributed by atoms with van der Waals surface area (Å²) in [4.78, 5) is 24.3. The summed E-state index contributed by atoms with van der Waals surface area (Å²) < 4.78 is 10.6. The molecule has 0 bridgehead atoms. The highest BCUT2D eigenvalue weighted by Crippen LogP contribution is 2.09. The number of unbranched alkanes of at least 4 members (excludes halogenated alkanes) is 5. The first kappa shape index (κ1) is 50.0. The summed E-state index contributed by atoms with van der Waals surface area (Å²) in [6.07, 6.45) is 65.2. The minimum absolute atomic E-state index is 0.116. The van der Waals surface area contributed by atoms with Crippen molar-refractivity contribution in [1.29, 1.82) is 0 Å². The molecule has 1 atom stereocenters. The van der Waals surface area contributed by atoms with E-state index < -0.39 is 6.10 Å². The Morgan fingerprint density at radius 2 is 0.759 bits per heavy atom. The van der Waals surface area contributed by atoms with Crippen LogP contribution in [0.1, 0.15) is 142 Å². The molecular formula is C49H74O5. The van der Waals surface area contributed by atoms with E-state index in [0.717, 1.165) is 109 Å². The predicted molar refractivity (Wildman–Crippen MR) is 232 cm³/mol. The number of esters is 2. The van der Waals surface area contributed by atoms with Crippen molar-refractivity contribution < 1.29 is 24.2 Å². The first-order valence-electron chi connectivity index (χ1n) is 20.7. The lowest BCUT2D eigenvalue weighted by Gasteiger charge is -2.15. The van der Waals surface area contributed by atoms with Crippen LogP contribution in [-0.2, 0) is 19.1 Å². The molecule has 0 fully saturated rings. The van der Waals surface area contributed by atoms with Crippen molar-refractivity contribution in [2.24, 2.45) is 0 Å². The molecule has 0 spiro atoms. The molecule has 0 aliphatic carbocycles. The number of rotatable bonds is 35. The fourth-order valence-electron chi connectivity index (χ4n) is 4.88. The molecule has 0 aliphatic heterocycles. The predicted octanol–water partition coefficient (Wildman–Crippen LogP) is 13.4. The quantitative estimate of drug-likeness (QED) is 0.0398. The van der Waals surface area contributed by atoms with Gasteiger partial charge in [0.05, 0.1) is 6.61 Å². The van der Waals surface area contributed by atoms with Crippen molar-refractivity contribution >= 4 is 11.9 Å². The highest BCUT2D eigenvalue weighted by atomic mass is 16.6. The van der Waals surface area contributed by atoms with Crippen molar-refractivity contribution in [3.05, 3.63) is 134 Å². The largest absolute Gasteiger partial charge is 0.462 e. The monoisotopic (exact) mass is 743 g/mol. The van der Waals surface area contributed by atoms with Crippen molar-refractivity contribution in [3.63, 3.8) is 0 Å². The maximum absolute atomic E-state index is 12.2. The summed E-state index contributed by atoms with van der Waals surface area (Å²) in [6, 6.07) is 0. The van der Waals surface area contributed by atoms with Gasteiger partial charge in [-0.05, 0) is 103 Å². The number of aliphatic hydroxyl groups is 1. The number of hydrogen-bond acceptors (Lipinski definition) is 5. The Bertz CT molecular complexity index is 1200. The zero-order chi connectivity index (χ0) is 39.3. The van der Waals surface area contributed by atoms with Crippen LogP contribution < -0.4 is 0 Å². The molecule has 0 heterocycles. The first-order valence-corrected chi connectivity index (χ1v) is 20.7. The minimum Gasteiger partial charge on any atom is -0.462 e. The van der Waals surface area contributed by atoms with Crippen LogP contribution in [-0.4, -0.2) is 36.4 Å². The second-order valence-electron chi connectivity index (χ2n) is 12.9. The van der Waals surface area contributed by atoms with Crippen molar-refractivity contribution in [1.82, 2.24) is 0 Å². The van der Waals surface area contributed by atoms with Crippen LogP contribution in [0.15, 0.2) is 134 Å². The fourth-order valence-corrected chi connectivity index (χ4v) is 4.88. The van der Waals surface area contributed by atoms with E-state index in [4.69, 9.17) is 9.47 Å². The third-order valence-electron chi connectivity index (χ3n) is 7.94. The van der Waals surface area contributed by atoms with Crippen LogP contribution in [0.25, 0.3) is 0 Å². The molecule has 1 unspecified atom stereocenters. The normalized spacial score (nSPS) is 13.6. The standard InChI is InChI=1S/C49H74O5/c1-3-5-7-9-11-13-15-17-19-21-22-23-24-25-26-28-30-32-34-36-38-40-42-44-49(52)54-47(45-50)46-53-48(51)43-41-39-37-35-33-31-29-27-20-18-16-14-12-10-8-6-4-2/h5-8,11-14,17-20,22-23,25-26,29-32,35,37,47,50H,3-4,9-10,15-16,21,24,27-28,33-34,36,38-46H2,1-2H3/b7-5-,8-6-,13-11-,14-12-,19-17-,20-18-,23-22-,26-25-,31-29-,32-30-,37-35-. The van der Waals surface area contributed by atoms with Crippen LogP contribution in [0.2, 0.25) is 0 Å². The fraction of sp³-hybridized carbons (Fsp3) is 0.510. The van der Waals surface area contributed by atoms with Crippen LogP contribution in [0.3, 0.4) is 0 Å². The second-order valence-corrected chi connectivity index (χ2v) is 12.9. The molecule has 5 heteroatoms. The SMILES string of the molecule is CC/C=C\C/C=C\C/C=C\C/C=C\C/C=C\C/C=C\CCCCCCC(=O)OC(CO)COC(=O)CCC/C=C\C/C=C\C/C=C\C/C=C\C/C=C\CC. The summed E-state index contributed by atoms with van der Waals surface area (Å²) in [5.41, 5.74) is 0. The Hall–Kier alpha value is -3.96. The van der Waals surface area contributed by atoms with E-state index >= 15 is 0 Å². The molecule has 0 rings (SSSR count). The molecule has 5 nitrogen and oxygen atoms in total. The van der Waals surface area contributed by atoms with E-state index in [1.165, 1.54) is 0 Å². The van der Waals surface area contributed by atoms with Gasteiger partial charge in [-0.2, -0.15) is 0 Å². The summed E-state index contributed by atoms with van der Waals surface area (Å²) in [7, 11) is 0. The van der Waals surface area contributed by atoms with E-state index in [0.29, 0.717) is 19.3 Å². The molecule has 0 saturated heterocycles. The van der Waals surface area contributed by atoms with Gasteiger partial charge in [0, 0.05) is 12.8 Å². The smallest absolute Gasteiger partial charge is 0.306 e. The molecule has 1 N–H and O–H groups in total. The molecule has 0 aromatic carbocycles. The summed E-state index contributed by atoms with van der Waals surface area (Å²) in [5.74, 6) is -0.704. The molecule has 54 heavy (non-hydrogen) atoms. The molecule has 0 aromatic rings. The van der Waals surface area contributed by atoms with E-state index in [9.17, 15) is 14.7 Å². The highest BCUT2D eigenvalue weighted by Gasteiger charge is 2.15. The number of ether oxygens (including phenoxy) is 2. The van der Waals surface area contributed by atoms with Gasteiger partial charge in [0.1, 0.15) is 6.61 Å². The average molecular weight is 743 g/mol. The Morgan fingerprint density at radius 1 is 0.426 bits per heavy atom. The van der Waals surface area contributed by atoms with Crippen LogP contribution in [0.4, 0.5) is 0 Å². The van der Waals surface area contributed by atoms with Gasteiger partial charge in [-0.3, -0.25) is 9.59 Å². The summed E-state index contributed by atoms with van der Waals surface area (Å²) in [6.45, 7) is 3.81. The zero-order valence-corrected chi connectivity index (χ0v) is 33.9. The van der Waals surface area contributed by atoms with E-state index in [-0.39, 0.29) is 25.2 Å². The maximum Gasteiger partial charge on any atom is 0.306 e. The third kappa shape index (κ3) is 40.8. The van der Waals surface area contributed by atoms with Gasteiger partial charge < -0.3 is 14.6 Å². The van der Waals surface area contributed by atoms with Gasteiger partial charge >= 0.3 is 11.9 Å². The van der Waals surface area contributed by atoms with Gasteiger partial charge in [0.25, 0.3) is 0 Å². The lowest BCUT2D eigenvalue weighted by atomic mass is 10.1.